The normalized spacial score (nSPS) is 15.1. The summed E-state index contributed by atoms with van der Waals surface area (Å²) in [5.74, 6) is -0.0501. The molecule has 6 heteroatoms. The predicted molar refractivity (Wildman–Crippen MR) is 131 cm³/mol. The van der Waals surface area contributed by atoms with Gasteiger partial charge >= 0.3 is 5.97 Å². The van der Waals surface area contributed by atoms with Crippen molar-refractivity contribution >= 4 is 29.2 Å². The van der Waals surface area contributed by atoms with Crippen LogP contribution in [0.3, 0.4) is 0 Å². The molecule has 0 atom stereocenters. The Balaban J connectivity index is 1.68. The maximum atomic E-state index is 13.3. The minimum Gasteiger partial charge on any atom is -0.464 e. The molecule has 2 aliphatic rings. The first kappa shape index (κ1) is 24.1. The molecule has 34 heavy (non-hydrogen) atoms. The summed E-state index contributed by atoms with van der Waals surface area (Å²) in [5.41, 5.74) is 3.92. The SMILES string of the molecule is CC1=c2cc(C)c3c(c2=CCC1)C(=O)C(=O)c1c-3oc(CN(C)CCOC(=O)C(C)(C)C)c1C. The fourth-order valence-corrected chi connectivity index (χ4v) is 4.72. The molecule has 0 spiro atoms. The Bertz CT molecular complexity index is 1340. The third-order valence-corrected chi connectivity index (χ3v) is 6.76. The van der Waals surface area contributed by atoms with Gasteiger partial charge in [-0.2, -0.15) is 0 Å². The molecule has 4 rings (SSSR count). The third-order valence-electron chi connectivity index (χ3n) is 6.76. The van der Waals surface area contributed by atoms with Crippen molar-refractivity contribution in [3.8, 4) is 11.3 Å². The van der Waals surface area contributed by atoms with Crippen molar-refractivity contribution in [2.75, 3.05) is 20.2 Å². The predicted octanol–water partition coefficient (Wildman–Crippen LogP) is 3.71. The number of aryl methyl sites for hydroxylation is 1. The highest BCUT2D eigenvalue weighted by Gasteiger charge is 2.38. The smallest absolute Gasteiger partial charge is 0.311 e. The standard InChI is InChI=1S/C28H33NO5/c1-15-9-8-10-18-19(15)13-16(2)21-23(18)25(31)24(30)22-17(3)20(34-26(21)22)14-29(7)11-12-33-27(32)28(4,5)6/h10,13H,8-9,11-12,14H2,1-7H3. The molecule has 2 aromatic rings. The summed E-state index contributed by atoms with van der Waals surface area (Å²) in [6.07, 6.45) is 3.88. The molecule has 2 aliphatic carbocycles. The maximum Gasteiger partial charge on any atom is 0.311 e. The van der Waals surface area contributed by atoms with Crippen LogP contribution in [0.1, 0.15) is 78.1 Å². The Hall–Kier alpha value is -2.99. The highest BCUT2D eigenvalue weighted by molar-refractivity contribution is 6.53. The molecular weight excluding hydrogens is 430 g/mol. The number of hydrogen-bond donors (Lipinski definition) is 0. The van der Waals surface area contributed by atoms with Crippen LogP contribution in [0.5, 0.6) is 0 Å². The van der Waals surface area contributed by atoms with E-state index in [1.54, 1.807) is 0 Å². The Morgan fingerprint density at radius 2 is 1.76 bits per heavy atom. The van der Waals surface area contributed by atoms with Gasteiger partial charge in [-0.05, 0) is 77.4 Å². The first-order valence-electron chi connectivity index (χ1n) is 11.8. The number of rotatable bonds is 5. The maximum absolute atomic E-state index is 13.3. The molecule has 0 N–H and O–H groups in total. The number of carbonyl (C=O) groups excluding carboxylic acids is 3. The first-order chi connectivity index (χ1) is 15.9. The monoisotopic (exact) mass is 463 g/mol. The Morgan fingerprint density at radius 1 is 1.09 bits per heavy atom. The van der Waals surface area contributed by atoms with Gasteiger partial charge in [0.1, 0.15) is 18.1 Å². The van der Waals surface area contributed by atoms with Crippen molar-refractivity contribution in [2.24, 2.45) is 5.41 Å². The van der Waals surface area contributed by atoms with E-state index in [1.807, 2.05) is 46.6 Å². The van der Waals surface area contributed by atoms with Gasteiger partial charge < -0.3 is 9.15 Å². The Kier molecular flexibility index (Phi) is 6.15. The van der Waals surface area contributed by atoms with Crippen molar-refractivity contribution in [2.45, 2.75) is 60.9 Å². The van der Waals surface area contributed by atoms with Crippen LogP contribution in [0.4, 0.5) is 0 Å². The van der Waals surface area contributed by atoms with E-state index in [0.29, 0.717) is 41.3 Å². The molecule has 6 nitrogen and oxygen atoms in total. The highest BCUT2D eigenvalue weighted by Crippen LogP contribution is 2.39. The molecule has 0 bridgehead atoms. The van der Waals surface area contributed by atoms with Gasteiger partial charge in [-0.1, -0.05) is 17.7 Å². The van der Waals surface area contributed by atoms with Gasteiger partial charge in [-0.3, -0.25) is 19.3 Å². The molecule has 0 aliphatic heterocycles. The molecule has 1 aromatic carbocycles. The molecule has 0 amide bonds. The lowest BCUT2D eigenvalue weighted by atomic mass is 9.81. The van der Waals surface area contributed by atoms with Gasteiger partial charge in [0.2, 0.25) is 11.6 Å². The number of esters is 1. The molecule has 180 valence electrons. The van der Waals surface area contributed by atoms with E-state index in [4.69, 9.17) is 9.15 Å². The Morgan fingerprint density at radius 3 is 2.44 bits per heavy atom. The van der Waals surface area contributed by atoms with E-state index in [0.717, 1.165) is 34.4 Å². The zero-order valence-electron chi connectivity index (χ0n) is 21.2. The van der Waals surface area contributed by atoms with E-state index in [9.17, 15) is 14.4 Å². The van der Waals surface area contributed by atoms with E-state index in [1.165, 1.54) is 5.57 Å². The molecule has 0 fully saturated rings. The summed E-state index contributed by atoms with van der Waals surface area (Å²) in [5, 5.41) is 1.92. The van der Waals surface area contributed by atoms with Crippen molar-refractivity contribution in [3.05, 3.63) is 44.5 Å². The lowest BCUT2D eigenvalue weighted by molar-refractivity contribution is -0.153. The molecule has 0 unspecified atom stereocenters. The second kappa shape index (κ2) is 8.66. The average Bonchev–Trinajstić information content (AvgIpc) is 3.07. The topological polar surface area (TPSA) is 76.8 Å². The van der Waals surface area contributed by atoms with Crippen LogP contribution in [0.25, 0.3) is 23.0 Å². The number of nitrogens with zero attached hydrogens (tertiary/aromatic N) is 1. The zero-order chi connectivity index (χ0) is 24.9. The number of Topliss-reactive ketones (excluding diaryl/α,β-unsaturated/α-hetero) is 2. The summed E-state index contributed by atoms with van der Waals surface area (Å²) in [7, 11) is 1.90. The molecule has 1 heterocycles. The molecule has 1 aromatic heterocycles. The van der Waals surface area contributed by atoms with Crippen molar-refractivity contribution in [1.29, 1.82) is 0 Å². The number of ketones is 2. The number of ether oxygens (including phenoxy) is 1. The molecule has 0 saturated heterocycles. The second-order valence-corrected chi connectivity index (χ2v) is 10.6. The minimum atomic E-state index is -0.541. The summed E-state index contributed by atoms with van der Waals surface area (Å²) >= 11 is 0. The van der Waals surface area contributed by atoms with Crippen LogP contribution in [0.15, 0.2) is 10.5 Å². The van der Waals surface area contributed by atoms with Crippen molar-refractivity contribution < 1.29 is 23.5 Å². The molecule has 0 radical (unpaired) electrons. The van der Waals surface area contributed by atoms with E-state index >= 15 is 0 Å². The highest BCUT2D eigenvalue weighted by atomic mass is 16.5. The second-order valence-electron chi connectivity index (χ2n) is 10.6. The average molecular weight is 464 g/mol. The number of likely N-dealkylation sites (N-methyl/N-ethyl adjacent to an activating group) is 1. The van der Waals surface area contributed by atoms with Gasteiger partial charge in [-0.25, -0.2) is 0 Å². The van der Waals surface area contributed by atoms with Crippen molar-refractivity contribution in [3.63, 3.8) is 0 Å². The van der Waals surface area contributed by atoms with Crippen LogP contribution in [-0.2, 0) is 16.1 Å². The molecule has 0 saturated carbocycles. The van der Waals surface area contributed by atoms with E-state index < -0.39 is 17.0 Å². The van der Waals surface area contributed by atoms with Crippen LogP contribution in [0.2, 0.25) is 0 Å². The summed E-state index contributed by atoms with van der Waals surface area (Å²) in [4.78, 5) is 40.5. The van der Waals surface area contributed by atoms with Gasteiger partial charge in [0.15, 0.2) is 0 Å². The van der Waals surface area contributed by atoms with Crippen LogP contribution >= 0.6 is 0 Å². The lowest BCUT2D eigenvalue weighted by Gasteiger charge is -2.19. The van der Waals surface area contributed by atoms with Crippen LogP contribution in [-0.4, -0.2) is 42.6 Å². The third kappa shape index (κ3) is 4.05. The summed E-state index contributed by atoms with van der Waals surface area (Å²) in [6, 6.07) is 2.11. The Labute approximate surface area is 200 Å². The van der Waals surface area contributed by atoms with Gasteiger partial charge in [-0.15, -0.1) is 0 Å². The van der Waals surface area contributed by atoms with E-state index in [-0.39, 0.29) is 12.6 Å². The van der Waals surface area contributed by atoms with Crippen LogP contribution in [0, 0.1) is 19.3 Å². The minimum absolute atomic E-state index is 0.241. The van der Waals surface area contributed by atoms with Crippen molar-refractivity contribution in [1.82, 2.24) is 4.90 Å². The van der Waals surface area contributed by atoms with Gasteiger partial charge in [0.05, 0.1) is 17.5 Å². The van der Waals surface area contributed by atoms with E-state index in [2.05, 4.69) is 19.1 Å². The first-order valence-corrected chi connectivity index (χ1v) is 11.8. The largest absolute Gasteiger partial charge is 0.464 e. The number of hydrogen-bond acceptors (Lipinski definition) is 6. The summed E-state index contributed by atoms with van der Waals surface area (Å²) < 4.78 is 11.7. The summed E-state index contributed by atoms with van der Waals surface area (Å²) in [6.45, 7) is 12.6. The molecular formula is C28H33NO5. The quantitative estimate of drug-likeness (QED) is 0.497. The van der Waals surface area contributed by atoms with Gasteiger partial charge in [0.25, 0.3) is 0 Å². The number of carbonyl (C=O) groups is 3. The lowest BCUT2D eigenvalue weighted by Crippen LogP contribution is -2.39. The zero-order valence-corrected chi connectivity index (χ0v) is 21.2. The fraction of sp³-hybridized carbons (Fsp3) is 0.464. The fourth-order valence-electron chi connectivity index (χ4n) is 4.72. The van der Waals surface area contributed by atoms with Gasteiger partial charge in [0, 0.05) is 23.2 Å². The van der Waals surface area contributed by atoms with Crippen LogP contribution < -0.4 is 10.4 Å². The number of benzene rings is 1. The number of fused-ring (bicyclic) bond motifs is 5. The number of furan rings is 1.